The fourth-order valence-corrected chi connectivity index (χ4v) is 2.02. The van der Waals surface area contributed by atoms with Crippen LogP contribution >= 0.6 is 0 Å². The number of hydrogen-bond donors (Lipinski definition) is 2. The van der Waals surface area contributed by atoms with Crippen molar-refractivity contribution in [1.82, 2.24) is 10.3 Å². The molecule has 0 fully saturated rings. The zero-order valence-electron chi connectivity index (χ0n) is 10.5. The summed E-state index contributed by atoms with van der Waals surface area (Å²) in [6.07, 6.45) is 8.63. The van der Waals surface area contributed by atoms with Gasteiger partial charge in [-0.2, -0.15) is 0 Å². The number of aromatic nitrogens is 1. The second kappa shape index (κ2) is 6.13. The molecule has 1 heterocycles. The quantitative estimate of drug-likeness (QED) is 0.810. The van der Waals surface area contributed by atoms with E-state index in [1.54, 1.807) is 0 Å². The third kappa shape index (κ3) is 3.64. The molecule has 2 rings (SSSR count). The number of rotatable bonds is 4. The van der Waals surface area contributed by atoms with Crippen molar-refractivity contribution in [2.24, 2.45) is 5.92 Å². The molecule has 1 aromatic heterocycles. The summed E-state index contributed by atoms with van der Waals surface area (Å²) in [7, 11) is 0. The van der Waals surface area contributed by atoms with Crippen molar-refractivity contribution < 1.29 is 14.7 Å². The van der Waals surface area contributed by atoms with E-state index < -0.39 is 5.97 Å². The van der Waals surface area contributed by atoms with Gasteiger partial charge in [0.15, 0.2) is 0 Å². The van der Waals surface area contributed by atoms with Crippen LogP contribution in [-0.4, -0.2) is 28.5 Å². The van der Waals surface area contributed by atoms with Crippen LogP contribution in [0.3, 0.4) is 0 Å². The number of allylic oxidation sites excluding steroid dienone is 2. The first-order chi connectivity index (χ1) is 9.16. The smallest absolute Gasteiger partial charge is 0.337 e. The molecule has 19 heavy (non-hydrogen) atoms. The maximum Gasteiger partial charge on any atom is 0.337 e. The zero-order chi connectivity index (χ0) is 13.7. The molecule has 1 aliphatic carbocycles. The topological polar surface area (TPSA) is 79.3 Å². The van der Waals surface area contributed by atoms with Crippen LogP contribution in [0.5, 0.6) is 0 Å². The lowest BCUT2D eigenvalue weighted by Crippen LogP contribution is -2.30. The first-order valence-corrected chi connectivity index (χ1v) is 6.29. The highest BCUT2D eigenvalue weighted by Crippen LogP contribution is 2.16. The number of hydrogen-bond acceptors (Lipinski definition) is 3. The van der Waals surface area contributed by atoms with E-state index in [0.717, 1.165) is 19.3 Å². The minimum Gasteiger partial charge on any atom is -0.478 e. The number of amides is 1. The van der Waals surface area contributed by atoms with Crippen molar-refractivity contribution in [2.45, 2.75) is 19.3 Å². The Bertz CT molecular complexity index is 494. The van der Waals surface area contributed by atoms with Gasteiger partial charge in [-0.15, -0.1) is 0 Å². The number of carbonyl (C=O) groups is 2. The molecule has 0 spiro atoms. The molecular weight excluding hydrogens is 244 g/mol. The summed E-state index contributed by atoms with van der Waals surface area (Å²) in [6.45, 7) is 0.630. The summed E-state index contributed by atoms with van der Waals surface area (Å²) in [5.41, 5.74) is 0.324. The fourth-order valence-electron chi connectivity index (χ4n) is 2.02. The van der Waals surface area contributed by atoms with E-state index in [4.69, 9.17) is 5.11 Å². The molecule has 1 aliphatic rings. The van der Waals surface area contributed by atoms with Gasteiger partial charge in [-0.1, -0.05) is 12.2 Å². The standard InChI is InChI=1S/C14H16N2O3/c17-13(16-8-10-4-2-1-3-5-10)12-7-6-11(9-15-12)14(18)19/h1-2,6-7,9-10H,3-5,8H2,(H,16,17)(H,18,19). The Labute approximate surface area is 111 Å². The molecule has 0 aromatic carbocycles. The van der Waals surface area contributed by atoms with Gasteiger partial charge in [0.1, 0.15) is 5.69 Å². The molecular formula is C14H16N2O3. The number of aromatic carboxylic acids is 1. The van der Waals surface area contributed by atoms with E-state index in [2.05, 4.69) is 22.5 Å². The number of nitrogens with zero attached hydrogens (tertiary/aromatic N) is 1. The number of carboxylic acid groups (broad SMARTS) is 1. The lowest BCUT2D eigenvalue weighted by Gasteiger charge is -2.17. The van der Waals surface area contributed by atoms with Crippen LogP contribution in [0.2, 0.25) is 0 Å². The maximum absolute atomic E-state index is 11.8. The summed E-state index contributed by atoms with van der Waals surface area (Å²) in [4.78, 5) is 26.4. The number of carbonyl (C=O) groups excluding carboxylic acids is 1. The van der Waals surface area contributed by atoms with Gasteiger partial charge >= 0.3 is 5.97 Å². The number of pyridine rings is 1. The van der Waals surface area contributed by atoms with Crippen molar-refractivity contribution in [1.29, 1.82) is 0 Å². The Morgan fingerprint density at radius 1 is 1.37 bits per heavy atom. The molecule has 1 amide bonds. The molecule has 2 N–H and O–H groups in total. The van der Waals surface area contributed by atoms with Crippen molar-refractivity contribution in [2.75, 3.05) is 6.54 Å². The molecule has 0 bridgehead atoms. The summed E-state index contributed by atoms with van der Waals surface area (Å²) in [5, 5.41) is 11.6. The van der Waals surface area contributed by atoms with Crippen molar-refractivity contribution >= 4 is 11.9 Å². The monoisotopic (exact) mass is 260 g/mol. The van der Waals surface area contributed by atoms with Crippen LogP contribution in [0.15, 0.2) is 30.5 Å². The Balaban J connectivity index is 1.88. The summed E-state index contributed by atoms with van der Waals surface area (Å²) in [5.74, 6) is -0.827. The van der Waals surface area contributed by atoms with Gasteiger partial charge in [-0.25, -0.2) is 4.79 Å². The van der Waals surface area contributed by atoms with Crippen LogP contribution in [0.4, 0.5) is 0 Å². The third-order valence-corrected chi connectivity index (χ3v) is 3.17. The molecule has 5 nitrogen and oxygen atoms in total. The number of nitrogens with one attached hydrogen (secondary N) is 1. The van der Waals surface area contributed by atoms with E-state index in [1.807, 2.05) is 0 Å². The molecule has 5 heteroatoms. The highest BCUT2D eigenvalue weighted by Gasteiger charge is 2.13. The predicted octanol–water partition coefficient (Wildman–Crippen LogP) is 1.87. The van der Waals surface area contributed by atoms with Gasteiger partial charge in [-0.3, -0.25) is 9.78 Å². The largest absolute Gasteiger partial charge is 0.478 e. The second-order valence-electron chi connectivity index (χ2n) is 4.60. The van der Waals surface area contributed by atoms with Crippen LogP contribution in [0.25, 0.3) is 0 Å². The van der Waals surface area contributed by atoms with Crippen LogP contribution in [0, 0.1) is 5.92 Å². The van der Waals surface area contributed by atoms with E-state index in [-0.39, 0.29) is 17.2 Å². The van der Waals surface area contributed by atoms with Crippen LogP contribution < -0.4 is 5.32 Å². The van der Waals surface area contributed by atoms with Crippen molar-refractivity contribution in [3.63, 3.8) is 0 Å². The maximum atomic E-state index is 11.8. The van der Waals surface area contributed by atoms with Gasteiger partial charge in [-0.05, 0) is 37.3 Å². The van der Waals surface area contributed by atoms with Gasteiger partial charge in [0, 0.05) is 12.7 Å². The Morgan fingerprint density at radius 3 is 2.79 bits per heavy atom. The Morgan fingerprint density at radius 2 is 2.21 bits per heavy atom. The van der Waals surface area contributed by atoms with E-state index >= 15 is 0 Å². The third-order valence-electron chi connectivity index (χ3n) is 3.17. The van der Waals surface area contributed by atoms with Gasteiger partial charge in [0.05, 0.1) is 5.56 Å². The van der Waals surface area contributed by atoms with E-state index in [9.17, 15) is 9.59 Å². The van der Waals surface area contributed by atoms with Crippen LogP contribution in [-0.2, 0) is 0 Å². The van der Waals surface area contributed by atoms with Crippen LogP contribution in [0.1, 0.15) is 40.1 Å². The van der Waals surface area contributed by atoms with Gasteiger partial charge < -0.3 is 10.4 Å². The SMILES string of the molecule is O=C(O)c1ccc(C(=O)NCC2CC=CCC2)nc1. The van der Waals surface area contributed by atoms with E-state index in [0.29, 0.717) is 12.5 Å². The lowest BCUT2D eigenvalue weighted by molar-refractivity contribution is 0.0695. The molecule has 0 radical (unpaired) electrons. The summed E-state index contributed by atoms with van der Waals surface area (Å²) < 4.78 is 0. The van der Waals surface area contributed by atoms with Crippen molar-refractivity contribution in [3.05, 3.63) is 41.7 Å². The molecule has 100 valence electrons. The first-order valence-electron chi connectivity index (χ1n) is 6.29. The average Bonchev–Trinajstić information content (AvgIpc) is 2.46. The second-order valence-corrected chi connectivity index (χ2v) is 4.60. The van der Waals surface area contributed by atoms with Crippen molar-refractivity contribution in [3.8, 4) is 0 Å². The molecule has 1 atom stereocenters. The fraction of sp³-hybridized carbons (Fsp3) is 0.357. The molecule has 0 saturated carbocycles. The molecule has 1 aromatic rings. The lowest BCUT2D eigenvalue weighted by atomic mass is 9.94. The molecule has 1 unspecified atom stereocenters. The minimum absolute atomic E-state index is 0.0777. The highest BCUT2D eigenvalue weighted by molar-refractivity contribution is 5.93. The normalized spacial score (nSPS) is 18.0. The average molecular weight is 260 g/mol. The van der Waals surface area contributed by atoms with Gasteiger partial charge in [0.2, 0.25) is 0 Å². The minimum atomic E-state index is -1.05. The Hall–Kier alpha value is -2.17. The summed E-state index contributed by atoms with van der Waals surface area (Å²) in [6, 6.07) is 2.81. The van der Waals surface area contributed by atoms with Gasteiger partial charge in [0.25, 0.3) is 5.91 Å². The van der Waals surface area contributed by atoms with E-state index in [1.165, 1.54) is 18.3 Å². The summed E-state index contributed by atoms with van der Waals surface area (Å²) >= 11 is 0. The molecule has 0 aliphatic heterocycles. The zero-order valence-corrected chi connectivity index (χ0v) is 10.5. The first kappa shape index (κ1) is 13.3. The molecule has 0 saturated heterocycles. The highest BCUT2D eigenvalue weighted by atomic mass is 16.4. The predicted molar refractivity (Wildman–Crippen MR) is 70.0 cm³/mol. The number of carboxylic acids is 1. The Kier molecular flexibility index (Phi) is 4.28.